The molecule has 0 amide bonds. The summed E-state index contributed by atoms with van der Waals surface area (Å²) in [5.41, 5.74) is 7.06. The van der Waals surface area contributed by atoms with Gasteiger partial charge in [0.15, 0.2) is 0 Å². The number of rotatable bonds is 4. The summed E-state index contributed by atoms with van der Waals surface area (Å²) in [5, 5.41) is 4.20. The van der Waals surface area contributed by atoms with Crippen molar-refractivity contribution in [3.8, 4) is 0 Å². The van der Waals surface area contributed by atoms with E-state index in [9.17, 15) is 0 Å². The average molecular weight is 280 g/mol. The third kappa shape index (κ3) is 2.71. The summed E-state index contributed by atoms with van der Waals surface area (Å²) < 4.78 is 3.00. The van der Waals surface area contributed by atoms with E-state index in [4.69, 9.17) is 5.73 Å². The molecule has 1 atom stereocenters. The van der Waals surface area contributed by atoms with E-state index in [2.05, 4.69) is 33.2 Å². The standard InChI is InChI=1S/C12H14BrN3/c13-12-4-1-3-10(7-12)11(8-14)9-16-6-2-5-15-16/h1-7,11H,8-9,14H2. The maximum absolute atomic E-state index is 5.82. The summed E-state index contributed by atoms with van der Waals surface area (Å²) in [6.07, 6.45) is 3.75. The van der Waals surface area contributed by atoms with Gasteiger partial charge in [-0.3, -0.25) is 4.68 Å². The second-order valence-electron chi connectivity index (χ2n) is 3.72. The molecule has 2 N–H and O–H groups in total. The van der Waals surface area contributed by atoms with E-state index in [-0.39, 0.29) is 0 Å². The lowest BCUT2D eigenvalue weighted by Gasteiger charge is -2.15. The summed E-state index contributed by atoms with van der Waals surface area (Å²) in [7, 11) is 0. The number of nitrogens with zero attached hydrogens (tertiary/aromatic N) is 2. The molecule has 3 nitrogen and oxygen atoms in total. The molecule has 0 saturated heterocycles. The second-order valence-corrected chi connectivity index (χ2v) is 4.63. The SMILES string of the molecule is NCC(Cn1cccn1)c1cccc(Br)c1. The number of nitrogens with two attached hydrogens (primary N) is 1. The van der Waals surface area contributed by atoms with E-state index >= 15 is 0 Å². The number of aromatic nitrogens is 2. The first-order valence-electron chi connectivity index (χ1n) is 5.22. The molecule has 2 rings (SSSR count). The summed E-state index contributed by atoms with van der Waals surface area (Å²) in [6, 6.07) is 10.2. The minimum Gasteiger partial charge on any atom is -0.330 e. The van der Waals surface area contributed by atoms with Gasteiger partial charge < -0.3 is 5.73 Å². The Morgan fingerprint density at radius 2 is 2.25 bits per heavy atom. The van der Waals surface area contributed by atoms with Crippen LogP contribution in [0.2, 0.25) is 0 Å². The predicted octanol–water partition coefficient (Wildman–Crippen LogP) is 2.39. The molecule has 0 bridgehead atoms. The molecular weight excluding hydrogens is 266 g/mol. The Kier molecular flexibility index (Phi) is 3.74. The lowest BCUT2D eigenvalue weighted by atomic mass is 9.99. The van der Waals surface area contributed by atoms with Gasteiger partial charge in [0.1, 0.15) is 0 Å². The van der Waals surface area contributed by atoms with E-state index in [1.165, 1.54) is 5.56 Å². The van der Waals surface area contributed by atoms with Crippen LogP contribution in [0, 0.1) is 0 Å². The van der Waals surface area contributed by atoms with Crippen LogP contribution in [0.25, 0.3) is 0 Å². The van der Waals surface area contributed by atoms with Gasteiger partial charge in [0, 0.05) is 35.9 Å². The normalized spacial score (nSPS) is 12.6. The van der Waals surface area contributed by atoms with Gasteiger partial charge in [0.25, 0.3) is 0 Å². The van der Waals surface area contributed by atoms with E-state index in [0.717, 1.165) is 11.0 Å². The van der Waals surface area contributed by atoms with Gasteiger partial charge in [0.05, 0.1) is 0 Å². The Bertz CT molecular complexity index is 439. The van der Waals surface area contributed by atoms with E-state index in [1.807, 2.05) is 29.1 Å². The van der Waals surface area contributed by atoms with Crippen LogP contribution in [0.5, 0.6) is 0 Å². The van der Waals surface area contributed by atoms with Crippen molar-refractivity contribution in [1.29, 1.82) is 0 Å². The zero-order valence-corrected chi connectivity index (χ0v) is 10.5. The third-order valence-corrected chi connectivity index (χ3v) is 3.06. The zero-order chi connectivity index (χ0) is 11.4. The summed E-state index contributed by atoms with van der Waals surface area (Å²) in [6.45, 7) is 1.44. The van der Waals surface area contributed by atoms with Crippen LogP contribution in [0.3, 0.4) is 0 Å². The highest BCUT2D eigenvalue weighted by molar-refractivity contribution is 9.10. The summed E-state index contributed by atoms with van der Waals surface area (Å²) in [4.78, 5) is 0. The van der Waals surface area contributed by atoms with Crippen LogP contribution >= 0.6 is 15.9 Å². The topological polar surface area (TPSA) is 43.8 Å². The maximum atomic E-state index is 5.82. The highest BCUT2D eigenvalue weighted by Gasteiger charge is 2.10. The van der Waals surface area contributed by atoms with Crippen LogP contribution in [0.15, 0.2) is 47.2 Å². The van der Waals surface area contributed by atoms with Crippen molar-refractivity contribution in [2.45, 2.75) is 12.5 Å². The van der Waals surface area contributed by atoms with E-state index in [0.29, 0.717) is 12.5 Å². The van der Waals surface area contributed by atoms with Crippen molar-refractivity contribution in [2.24, 2.45) is 5.73 Å². The molecule has 0 aliphatic rings. The fourth-order valence-electron chi connectivity index (χ4n) is 1.71. The van der Waals surface area contributed by atoms with Crippen LogP contribution < -0.4 is 5.73 Å². The molecule has 0 saturated carbocycles. The summed E-state index contributed by atoms with van der Waals surface area (Å²) in [5.74, 6) is 0.303. The van der Waals surface area contributed by atoms with Crippen molar-refractivity contribution in [1.82, 2.24) is 9.78 Å². The van der Waals surface area contributed by atoms with Gasteiger partial charge in [-0.2, -0.15) is 5.10 Å². The van der Waals surface area contributed by atoms with Crippen LogP contribution in [0.1, 0.15) is 11.5 Å². The molecule has 0 spiro atoms. The molecule has 4 heteroatoms. The molecule has 2 aromatic rings. The number of hydrogen-bond donors (Lipinski definition) is 1. The van der Waals surface area contributed by atoms with Crippen molar-refractivity contribution < 1.29 is 0 Å². The van der Waals surface area contributed by atoms with Gasteiger partial charge in [-0.15, -0.1) is 0 Å². The molecule has 1 aromatic heterocycles. The Morgan fingerprint density at radius 1 is 1.38 bits per heavy atom. The van der Waals surface area contributed by atoms with Gasteiger partial charge in [-0.25, -0.2) is 0 Å². The van der Waals surface area contributed by atoms with Crippen LogP contribution in [0.4, 0.5) is 0 Å². The number of hydrogen-bond acceptors (Lipinski definition) is 2. The van der Waals surface area contributed by atoms with Crippen molar-refractivity contribution in [3.63, 3.8) is 0 Å². The van der Waals surface area contributed by atoms with Crippen molar-refractivity contribution >= 4 is 15.9 Å². The predicted molar refractivity (Wildman–Crippen MR) is 68.2 cm³/mol. The van der Waals surface area contributed by atoms with Crippen molar-refractivity contribution in [2.75, 3.05) is 6.54 Å². The molecule has 16 heavy (non-hydrogen) atoms. The summed E-state index contributed by atoms with van der Waals surface area (Å²) >= 11 is 3.47. The molecule has 1 aromatic carbocycles. The number of benzene rings is 1. The molecule has 84 valence electrons. The Morgan fingerprint density at radius 3 is 2.88 bits per heavy atom. The highest BCUT2D eigenvalue weighted by atomic mass is 79.9. The average Bonchev–Trinajstić information content (AvgIpc) is 2.78. The largest absolute Gasteiger partial charge is 0.330 e. The van der Waals surface area contributed by atoms with Crippen molar-refractivity contribution in [3.05, 3.63) is 52.8 Å². The fraction of sp³-hybridized carbons (Fsp3) is 0.250. The first kappa shape index (κ1) is 11.4. The maximum Gasteiger partial charge on any atom is 0.0489 e. The molecule has 0 fully saturated rings. The molecular formula is C12H14BrN3. The first-order chi connectivity index (χ1) is 7.79. The Hall–Kier alpha value is -1.13. The smallest absolute Gasteiger partial charge is 0.0489 e. The van der Waals surface area contributed by atoms with E-state index in [1.54, 1.807) is 6.20 Å². The molecule has 0 radical (unpaired) electrons. The highest BCUT2D eigenvalue weighted by Crippen LogP contribution is 2.20. The molecule has 1 unspecified atom stereocenters. The van der Waals surface area contributed by atoms with Crippen LogP contribution in [-0.2, 0) is 6.54 Å². The van der Waals surface area contributed by atoms with Gasteiger partial charge >= 0.3 is 0 Å². The third-order valence-electron chi connectivity index (χ3n) is 2.57. The lowest BCUT2D eigenvalue weighted by molar-refractivity contribution is 0.521. The van der Waals surface area contributed by atoms with Gasteiger partial charge in [0.2, 0.25) is 0 Å². The fourth-order valence-corrected chi connectivity index (χ4v) is 2.13. The first-order valence-corrected chi connectivity index (χ1v) is 6.02. The lowest BCUT2D eigenvalue weighted by Crippen LogP contribution is -2.18. The Labute approximate surface area is 103 Å². The van der Waals surface area contributed by atoms with E-state index < -0.39 is 0 Å². The Balaban J connectivity index is 2.16. The minimum absolute atomic E-state index is 0.303. The van der Waals surface area contributed by atoms with Crippen LogP contribution in [-0.4, -0.2) is 16.3 Å². The monoisotopic (exact) mass is 279 g/mol. The minimum atomic E-state index is 0.303. The molecule has 0 aliphatic carbocycles. The van der Waals surface area contributed by atoms with Gasteiger partial charge in [-0.05, 0) is 23.8 Å². The number of halogens is 1. The quantitative estimate of drug-likeness (QED) is 0.934. The molecule has 0 aliphatic heterocycles. The molecule has 1 heterocycles. The van der Waals surface area contributed by atoms with Gasteiger partial charge in [-0.1, -0.05) is 28.1 Å². The second kappa shape index (κ2) is 5.27. The zero-order valence-electron chi connectivity index (χ0n) is 8.88.